The van der Waals surface area contributed by atoms with Crippen LogP contribution >= 0.6 is 11.8 Å². The van der Waals surface area contributed by atoms with Crippen LogP contribution in [-0.4, -0.2) is 30.1 Å². The number of halogens is 2. The standard InChI is InChI=1S/C12H17F2NOS/c1-2-5-15-7-9(16)8-17-10-3-4-11(13)12(14)6-10/h3-4,6,9,15-16H,2,5,7-8H2,1H3. The summed E-state index contributed by atoms with van der Waals surface area (Å²) in [5.41, 5.74) is 0. The van der Waals surface area contributed by atoms with Crippen LogP contribution in [0.15, 0.2) is 23.1 Å². The Morgan fingerprint density at radius 1 is 1.35 bits per heavy atom. The summed E-state index contributed by atoms with van der Waals surface area (Å²) in [6.07, 6.45) is 0.530. The van der Waals surface area contributed by atoms with Crippen LogP contribution < -0.4 is 5.32 Å². The van der Waals surface area contributed by atoms with Gasteiger partial charge in [0.15, 0.2) is 11.6 Å². The molecule has 1 atom stereocenters. The second-order valence-electron chi connectivity index (χ2n) is 3.74. The molecule has 2 nitrogen and oxygen atoms in total. The predicted molar refractivity (Wildman–Crippen MR) is 66.2 cm³/mol. The van der Waals surface area contributed by atoms with Gasteiger partial charge in [0.25, 0.3) is 0 Å². The molecule has 0 heterocycles. The number of benzene rings is 1. The first-order chi connectivity index (χ1) is 8.13. The minimum absolute atomic E-state index is 0.460. The minimum Gasteiger partial charge on any atom is -0.391 e. The highest BCUT2D eigenvalue weighted by Gasteiger charge is 2.07. The average molecular weight is 261 g/mol. The Morgan fingerprint density at radius 2 is 2.12 bits per heavy atom. The fourth-order valence-corrected chi connectivity index (χ4v) is 2.12. The van der Waals surface area contributed by atoms with Gasteiger partial charge < -0.3 is 10.4 Å². The summed E-state index contributed by atoms with van der Waals surface area (Å²) in [6.45, 7) is 3.44. The first kappa shape index (κ1) is 14.4. The van der Waals surface area contributed by atoms with Crippen LogP contribution in [0.25, 0.3) is 0 Å². The molecule has 2 N–H and O–H groups in total. The molecule has 0 aliphatic rings. The van der Waals surface area contributed by atoms with E-state index >= 15 is 0 Å². The summed E-state index contributed by atoms with van der Waals surface area (Å²) in [7, 11) is 0. The molecule has 17 heavy (non-hydrogen) atoms. The molecular weight excluding hydrogens is 244 g/mol. The fraction of sp³-hybridized carbons (Fsp3) is 0.500. The lowest BCUT2D eigenvalue weighted by Gasteiger charge is -2.11. The van der Waals surface area contributed by atoms with Gasteiger partial charge in [0, 0.05) is 17.2 Å². The van der Waals surface area contributed by atoms with Crippen molar-refractivity contribution in [2.75, 3.05) is 18.8 Å². The molecule has 0 radical (unpaired) electrons. The van der Waals surface area contributed by atoms with Crippen molar-refractivity contribution in [1.82, 2.24) is 5.32 Å². The van der Waals surface area contributed by atoms with Crippen LogP contribution in [0, 0.1) is 11.6 Å². The van der Waals surface area contributed by atoms with Crippen molar-refractivity contribution in [2.24, 2.45) is 0 Å². The maximum Gasteiger partial charge on any atom is 0.159 e. The molecule has 0 saturated heterocycles. The van der Waals surface area contributed by atoms with E-state index < -0.39 is 17.7 Å². The SMILES string of the molecule is CCCNCC(O)CSc1ccc(F)c(F)c1. The van der Waals surface area contributed by atoms with Crippen molar-refractivity contribution < 1.29 is 13.9 Å². The van der Waals surface area contributed by atoms with Gasteiger partial charge in [-0.25, -0.2) is 8.78 Å². The Labute approximate surface area is 104 Å². The van der Waals surface area contributed by atoms with E-state index in [0.717, 1.165) is 25.1 Å². The number of nitrogens with one attached hydrogen (secondary N) is 1. The van der Waals surface area contributed by atoms with E-state index in [1.807, 2.05) is 0 Å². The van der Waals surface area contributed by atoms with Gasteiger partial charge in [-0.2, -0.15) is 0 Å². The Balaban J connectivity index is 2.31. The Morgan fingerprint density at radius 3 is 2.76 bits per heavy atom. The molecule has 0 fully saturated rings. The van der Waals surface area contributed by atoms with E-state index in [1.165, 1.54) is 17.8 Å². The summed E-state index contributed by atoms with van der Waals surface area (Å²) in [5.74, 6) is -1.24. The maximum atomic E-state index is 12.9. The van der Waals surface area contributed by atoms with Crippen molar-refractivity contribution in [1.29, 1.82) is 0 Å². The number of rotatable bonds is 7. The third-order valence-corrected chi connectivity index (χ3v) is 3.28. The molecule has 0 aromatic heterocycles. The lowest BCUT2D eigenvalue weighted by molar-refractivity contribution is 0.196. The molecule has 0 bridgehead atoms. The quantitative estimate of drug-likeness (QED) is 0.584. The summed E-state index contributed by atoms with van der Waals surface area (Å²) in [4.78, 5) is 0.624. The zero-order chi connectivity index (χ0) is 12.7. The number of hydrogen-bond donors (Lipinski definition) is 2. The molecular formula is C12H17F2NOS. The van der Waals surface area contributed by atoms with E-state index in [9.17, 15) is 13.9 Å². The van der Waals surface area contributed by atoms with Crippen molar-refractivity contribution in [3.63, 3.8) is 0 Å². The van der Waals surface area contributed by atoms with Crippen LogP contribution in [0.3, 0.4) is 0 Å². The van der Waals surface area contributed by atoms with Gasteiger partial charge in [-0.15, -0.1) is 11.8 Å². The molecule has 1 aromatic rings. The van der Waals surface area contributed by atoms with E-state index in [1.54, 1.807) is 0 Å². The lowest BCUT2D eigenvalue weighted by atomic mass is 10.3. The highest BCUT2D eigenvalue weighted by molar-refractivity contribution is 7.99. The van der Waals surface area contributed by atoms with E-state index in [4.69, 9.17) is 0 Å². The van der Waals surface area contributed by atoms with Crippen LogP contribution in [-0.2, 0) is 0 Å². The third kappa shape index (κ3) is 5.48. The van der Waals surface area contributed by atoms with Gasteiger partial charge in [0.1, 0.15) is 0 Å². The highest BCUT2D eigenvalue weighted by Crippen LogP contribution is 2.20. The van der Waals surface area contributed by atoms with Crippen molar-refractivity contribution in [3.8, 4) is 0 Å². The Kier molecular flexibility index (Phi) is 6.47. The van der Waals surface area contributed by atoms with Crippen molar-refractivity contribution in [3.05, 3.63) is 29.8 Å². The number of hydrogen-bond acceptors (Lipinski definition) is 3. The normalized spacial score (nSPS) is 12.7. The lowest BCUT2D eigenvalue weighted by Crippen LogP contribution is -2.28. The summed E-state index contributed by atoms with van der Waals surface area (Å²) >= 11 is 1.31. The summed E-state index contributed by atoms with van der Waals surface area (Å²) < 4.78 is 25.5. The predicted octanol–water partition coefficient (Wildman–Crippen LogP) is 2.42. The maximum absolute atomic E-state index is 12.9. The average Bonchev–Trinajstić information content (AvgIpc) is 2.31. The van der Waals surface area contributed by atoms with Gasteiger partial charge in [0.2, 0.25) is 0 Å². The second kappa shape index (κ2) is 7.63. The van der Waals surface area contributed by atoms with Crippen LogP contribution in [0.2, 0.25) is 0 Å². The van der Waals surface area contributed by atoms with Crippen molar-refractivity contribution in [2.45, 2.75) is 24.3 Å². The molecule has 0 aliphatic carbocycles. The molecule has 1 unspecified atom stereocenters. The minimum atomic E-state index is -0.853. The second-order valence-corrected chi connectivity index (χ2v) is 4.84. The van der Waals surface area contributed by atoms with Gasteiger partial charge in [-0.1, -0.05) is 6.92 Å². The molecule has 0 spiro atoms. The number of thioether (sulfide) groups is 1. The first-order valence-corrected chi connectivity index (χ1v) is 6.58. The molecule has 1 aromatic carbocycles. The molecule has 1 rings (SSSR count). The molecule has 5 heteroatoms. The van der Waals surface area contributed by atoms with Crippen molar-refractivity contribution >= 4 is 11.8 Å². The van der Waals surface area contributed by atoms with E-state index in [0.29, 0.717) is 17.2 Å². The summed E-state index contributed by atoms with van der Waals surface area (Å²) in [6, 6.07) is 3.75. The molecule has 0 amide bonds. The largest absolute Gasteiger partial charge is 0.391 e. The van der Waals surface area contributed by atoms with Crippen LogP contribution in [0.4, 0.5) is 8.78 Å². The number of aliphatic hydroxyl groups is 1. The molecule has 96 valence electrons. The topological polar surface area (TPSA) is 32.3 Å². The Hall–Kier alpha value is -0.650. The fourth-order valence-electron chi connectivity index (χ4n) is 1.26. The van der Waals surface area contributed by atoms with Gasteiger partial charge >= 0.3 is 0 Å². The molecule has 0 saturated carbocycles. The van der Waals surface area contributed by atoms with Gasteiger partial charge in [0.05, 0.1) is 6.10 Å². The van der Waals surface area contributed by atoms with E-state index in [-0.39, 0.29) is 0 Å². The number of aliphatic hydroxyl groups excluding tert-OH is 1. The highest BCUT2D eigenvalue weighted by atomic mass is 32.2. The van der Waals surface area contributed by atoms with Gasteiger partial charge in [-0.3, -0.25) is 0 Å². The van der Waals surface area contributed by atoms with E-state index in [2.05, 4.69) is 12.2 Å². The zero-order valence-corrected chi connectivity index (χ0v) is 10.6. The zero-order valence-electron chi connectivity index (χ0n) is 9.75. The first-order valence-electron chi connectivity index (χ1n) is 5.60. The van der Waals surface area contributed by atoms with Crippen LogP contribution in [0.1, 0.15) is 13.3 Å². The smallest absolute Gasteiger partial charge is 0.159 e. The molecule has 0 aliphatic heterocycles. The van der Waals surface area contributed by atoms with Gasteiger partial charge in [-0.05, 0) is 31.2 Å². The van der Waals surface area contributed by atoms with Crippen LogP contribution in [0.5, 0.6) is 0 Å². The third-order valence-electron chi connectivity index (χ3n) is 2.14. The monoisotopic (exact) mass is 261 g/mol. The summed E-state index contributed by atoms with van der Waals surface area (Å²) in [5, 5.41) is 12.7. The Bertz CT molecular complexity index is 349.